The van der Waals surface area contributed by atoms with Crippen molar-refractivity contribution in [1.29, 1.82) is 0 Å². The Labute approximate surface area is 135 Å². The number of hydrogen-bond donors (Lipinski definition) is 0. The molecule has 0 spiro atoms. The largest absolute Gasteiger partial charge is 0.412 e. The Morgan fingerprint density at radius 3 is 0.600 bits per heavy atom. The van der Waals surface area contributed by atoms with Crippen molar-refractivity contribution in [3.63, 3.8) is 0 Å². The van der Waals surface area contributed by atoms with E-state index in [1.54, 1.807) is 0 Å². The minimum absolute atomic E-state index is 0. The Bertz CT molecular complexity index is 115. The molecule has 0 unspecified atom stereocenters. The predicted octanol–water partition coefficient (Wildman–Crippen LogP) is 3.24. The summed E-state index contributed by atoms with van der Waals surface area (Å²) in [7, 11) is 0. The molecule has 0 aromatic rings. The van der Waals surface area contributed by atoms with E-state index >= 15 is 0 Å². The number of halogens is 7. The van der Waals surface area contributed by atoms with Crippen molar-refractivity contribution in [2.24, 2.45) is 0 Å². The normalized spacial score (nSPS) is 44.4. The van der Waals surface area contributed by atoms with Crippen LogP contribution in [-0.2, 0) is 16.5 Å². The van der Waals surface area contributed by atoms with Crippen LogP contribution >= 0.6 is 82.0 Å². The van der Waals surface area contributed by atoms with Gasteiger partial charge in [0.25, 0.3) is 0 Å². The molecule has 0 atom stereocenters. The first-order valence-electron chi connectivity index (χ1n) is 3.31. The molecule has 0 saturated heterocycles. The second kappa shape index (κ2) is 9.42. The molecular weight excluding hydrogens is 395 g/mol. The zero-order chi connectivity index (χ0) is 9.46. The molecule has 1 saturated carbocycles. The van der Waals surface area contributed by atoms with Gasteiger partial charge in [0, 0.05) is 16.5 Å². The maximum absolute atomic E-state index is 5.88. The molecule has 0 bridgehead atoms. The summed E-state index contributed by atoms with van der Waals surface area (Å²) in [5.41, 5.74) is 0. The summed E-state index contributed by atoms with van der Waals surface area (Å²) in [6, 6.07) is 0. The summed E-state index contributed by atoms with van der Waals surface area (Å²) < 4.78 is 0. The Balaban J connectivity index is -0.000000480. The molecule has 1 aliphatic rings. The van der Waals surface area contributed by atoms with E-state index in [0.717, 1.165) is 0 Å². The Morgan fingerprint density at radius 1 is 0.467 bits per heavy atom. The summed E-state index contributed by atoms with van der Waals surface area (Å²) in [5.74, 6) is 0. The van der Waals surface area contributed by atoms with Crippen molar-refractivity contribution in [1.82, 2.24) is 0 Å². The molecule has 1 aliphatic carbocycles. The Kier molecular flexibility index (Phi) is 14.2. The van der Waals surface area contributed by atoms with Crippen molar-refractivity contribution in [3.8, 4) is 0 Å². The average molecular weight is 404 g/mol. The van der Waals surface area contributed by atoms with E-state index in [-0.39, 0.29) is 34.4 Å². The van der Waals surface area contributed by atoms with Gasteiger partial charge in [0.1, 0.15) is 0 Å². The monoisotopic (exact) mass is 400 g/mol. The van der Waals surface area contributed by atoms with Crippen LogP contribution in [0, 0.1) is 0 Å². The standard InChI is InChI=1S/C6H6Cl6.ClH.Ni.H2O/c7-1-2(8)4(10)6(12)5(11)3(1)9;;;/h1-6H;1H;;1H2. The summed E-state index contributed by atoms with van der Waals surface area (Å²) in [6.45, 7) is 0. The van der Waals surface area contributed by atoms with Crippen molar-refractivity contribution >= 4 is 82.0 Å². The number of rotatable bonds is 0. The van der Waals surface area contributed by atoms with E-state index in [4.69, 9.17) is 69.6 Å². The van der Waals surface area contributed by atoms with Crippen molar-refractivity contribution < 1.29 is 22.0 Å². The molecule has 0 aromatic carbocycles. The SMILES string of the molecule is Cl.ClC1C(Cl)C(Cl)C(Cl)C(Cl)C1Cl.O.[Ni]. The number of hydrogen-bond acceptors (Lipinski definition) is 0. The van der Waals surface area contributed by atoms with Gasteiger partial charge in [-0.05, 0) is 0 Å². The molecule has 1 rings (SSSR count). The Morgan fingerprint density at radius 2 is 0.533 bits per heavy atom. The van der Waals surface area contributed by atoms with Gasteiger partial charge in [-0.2, -0.15) is 0 Å². The quantitative estimate of drug-likeness (QED) is 0.439. The predicted molar refractivity (Wildman–Crippen MR) is 68.7 cm³/mol. The van der Waals surface area contributed by atoms with Gasteiger partial charge in [0.05, 0.1) is 32.3 Å². The fourth-order valence-electron chi connectivity index (χ4n) is 1.05. The molecule has 15 heavy (non-hydrogen) atoms. The van der Waals surface area contributed by atoms with Crippen LogP contribution in [0.4, 0.5) is 0 Å². The van der Waals surface area contributed by atoms with E-state index in [9.17, 15) is 0 Å². The molecule has 2 N–H and O–H groups in total. The smallest absolute Gasteiger partial charge is 0.0693 e. The van der Waals surface area contributed by atoms with Gasteiger partial charge in [0.2, 0.25) is 0 Å². The summed E-state index contributed by atoms with van der Waals surface area (Å²) in [4.78, 5) is 0. The van der Waals surface area contributed by atoms with E-state index in [0.29, 0.717) is 0 Å². The van der Waals surface area contributed by atoms with E-state index < -0.39 is 32.3 Å². The van der Waals surface area contributed by atoms with Crippen LogP contribution in [0.25, 0.3) is 0 Å². The minimum atomic E-state index is -0.437. The molecule has 0 heterocycles. The zero-order valence-electron chi connectivity index (χ0n) is 6.96. The molecular formula is C6H9Cl7NiO. The van der Waals surface area contributed by atoms with Crippen LogP contribution in [0.2, 0.25) is 0 Å². The fourth-order valence-corrected chi connectivity index (χ4v) is 3.38. The fraction of sp³-hybridized carbons (Fsp3) is 1.00. The van der Waals surface area contributed by atoms with E-state index in [1.807, 2.05) is 0 Å². The van der Waals surface area contributed by atoms with Crippen LogP contribution in [0.3, 0.4) is 0 Å². The molecule has 1 nitrogen and oxygen atoms in total. The van der Waals surface area contributed by atoms with Gasteiger partial charge in [-0.1, -0.05) is 0 Å². The first-order valence-corrected chi connectivity index (χ1v) is 5.93. The Hall–Kier alpha value is 2.48. The van der Waals surface area contributed by atoms with Crippen LogP contribution in [0.15, 0.2) is 0 Å². The summed E-state index contributed by atoms with van der Waals surface area (Å²) in [5, 5.41) is -2.62. The van der Waals surface area contributed by atoms with Gasteiger partial charge in [-0.25, -0.2) is 0 Å². The van der Waals surface area contributed by atoms with Crippen molar-refractivity contribution in [2.75, 3.05) is 0 Å². The molecule has 0 amide bonds. The maximum Gasteiger partial charge on any atom is 0.0693 e. The van der Waals surface area contributed by atoms with Crippen molar-refractivity contribution in [3.05, 3.63) is 0 Å². The van der Waals surface area contributed by atoms with Crippen LogP contribution < -0.4 is 0 Å². The summed E-state index contributed by atoms with van der Waals surface area (Å²) in [6.07, 6.45) is 0. The van der Waals surface area contributed by atoms with Crippen LogP contribution in [-0.4, -0.2) is 37.7 Å². The first-order chi connectivity index (χ1) is 5.46. The van der Waals surface area contributed by atoms with Crippen LogP contribution in [0.5, 0.6) is 0 Å². The molecule has 9 heteroatoms. The topological polar surface area (TPSA) is 31.5 Å². The average Bonchev–Trinajstić information content (AvgIpc) is 2.08. The van der Waals surface area contributed by atoms with Gasteiger partial charge in [-0.3, -0.25) is 0 Å². The molecule has 98 valence electrons. The molecule has 0 aliphatic heterocycles. The van der Waals surface area contributed by atoms with E-state index in [2.05, 4.69) is 0 Å². The van der Waals surface area contributed by atoms with Gasteiger partial charge < -0.3 is 5.48 Å². The molecule has 0 aromatic heterocycles. The summed E-state index contributed by atoms with van der Waals surface area (Å²) >= 11 is 35.3. The van der Waals surface area contributed by atoms with Gasteiger partial charge >= 0.3 is 0 Å². The second-order valence-electron chi connectivity index (χ2n) is 2.67. The third kappa shape index (κ3) is 4.93. The van der Waals surface area contributed by atoms with Gasteiger partial charge in [0.15, 0.2) is 0 Å². The minimum Gasteiger partial charge on any atom is -0.412 e. The molecule has 0 radical (unpaired) electrons. The second-order valence-corrected chi connectivity index (χ2v) is 5.69. The first kappa shape index (κ1) is 22.6. The molecule has 1 fully saturated rings. The van der Waals surface area contributed by atoms with Crippen LogP contribution in [0.1, 0.15) is 0 Å². The number of alkyl halides is 6. The van der Waals surface area contributed by atoms with Crippen molar-refractivity contribution in [2.45, 2.75) is 32.3 Å². The third-order valence-electron chi connectivity index (χ3n) is 1.83. The maximum atomic E-state index is 5.88. The zero-order valence-corrected chi connectivity index (χ0v) is 13.3. The van der Waals surface area contributed by atoms with Gasteiger partial charge in [-0.15, -0.1) is 82.0 Å². The van der Waals surface area contributed by atoms with E-state index in [1.165, 1.54) is 0 Å². The third-order valence-corrected chi connectivity index (χ3v) is 5.86.